The van der Waals surface area contributed by atoms with Gasteiger partial charge in [0.15, 0.2) is 23.9 Å². The summed E-state index contributed by atoms with van der Waals surface area (Å²) in [6.45, 7) is 3.55. The molecule has 46 heavy (non-hydrogen) atoms. The Morgan fingerprint density at radius 2 is 1.80 bits per heavy atom. The standard InChI is InChI=1S/C33H25BrClF3N4O4/c1-3-45-26-16-21(28(34)29(35)30(26)46-18-27(43)40-23-13-11-19(2)12-14-23)17-39-42-31(20-7-6-8-22(15-20)33(36,37)38)41-25-10-5-4-9-24(25)32(42)44/h4-17H,3,18H2,1-2H3,(H,40,43). The van der Waals surface area contributed by atoms with E-state index in [9.17, 15) is 22.8 Å². The van der Waals surface area contributed by atoms with Crippen LogP contribution < -0.4 is 20.3 Å². The molecule has 0 radical (unpaired) electrons. The predicted molar refractivity (Wildman–Crippen MR) is 175 cm³/mol. The molecule has 1 aromatic heterocycles. The maximum atomic E-state index is 13.6. The van der Waals surface area contributed by atoms with Gasteiger partial charge in [-0.15, -0.1) is 0 Å². The van der Waals surface area contributed by atoms with Crippen LogP contribution in [-0.4, -0.2) is 35.0 Å². The fourth-order valence-electron chi connectivity index (χ4n) is 4.44. The summed E-state index contributed by atoms with van der Waals surface area (Å²) >= 11 is 10.1. The van der Waals surface area contributed by atoms with E-state index in [1.54, 1.807) is 49.4 Å². The zero-order valence-corrected chi connectivity index (χ0v) is 26.7. The molecule has 5 rings (SSSR count). The van der Waals surface area contributed by atoms with Crippen LogP contribution in [0, 0.1) is 6.92 Å². The van der Waals surface area contributed by atoms with E-state index in [0.717, 1.165) is 22.4 Å². The van der Waals surface area contributed by atoms with Gasteiger partial charge in [-0.25, -0.2) is 4.98 Å². The molecular weight excluding hydrogens is 689 g/mol. The van der Waals surface area contributed by atoms with E-state index in [4.69, 9.17) is 21.1 Å². The van der Waals surface area contributed by atoms with Crippen molar-refractivity contribution in [2.24, 2.45) is 5.10 Å². The predicted octanol–water partition coefficient (Wildman–Crippen LogP) is 8.11. The lowest BCUT2D eigenvalue weighted by atomic mass is 10.1. The third-order valence-electron chi connectivity index (χ3n) is 6.65. The fraction of sp³-hybridized carbons (Fsp3) is 0.152. The molecule has 0 aliphatic carbocycles. The van der Waals surface area contributed by atoms with E-state index in [0.29, 0.717) is 21.2 Å². The van der Waals surface area contributed by atoms with Gasteiger partial charge in [0.1, 0.15) is 5.02 Å². The van der Waals surface area contributed by atoms with Crippen LogP contribution in [0.4, 0.5) is 18.9 Å². The summed E-state index contributed by atoms with van der Waals surface area (Å²) in [5.74, 6) is -0.226. The topological polar surface area (TPSA) is 94.8 Å². The maximum absolute atomic E-state index is 13.6. The van der Waals surface area contributed by atoms with Crippen molar-refractivity contribution in [1.82, 2.24) is 9.66 Å². The average molecular weight is 714 g/mol. The Morgan fingerprint density at radius 3 is 2.52 bits per heavy atom. The first-order valence-electron chi connectivity index (χ1n) is 13.8. The number of carbonyl (C=O) groups excluding carboxylic acids is 1. The van der Waals surface area contributed by atoms with Crippen molar-refractivity contribution in [3.8, 4) is 22.9 Å². The Morgan fingerprint density at radius 1 is 1.07 bits per heavy atom. The molecule has 1 amide bonds. The first-order valence-corrected chi connectivity index (χ1v) is 15.0. The summed E-state index contributed by atoms with van der Waals surface area (Å²) in [7, 11) is 0. The number of hydrogen-bond acceptors (Lipinski definition) is 6. The number of amides is 1. The van der Waals surface area contributed by atoms with Gasteiger partial charge >= 0.3 is 6.18 Å². The van der Waals surface area contributed by atoms with Gasteiger partial charge in [0.05, 0.1) is 29.3 Å². The minimum Gasteiger partial charge on any atom is -0.490 e. The number of nitrogens with one attached hydrogen (secondary N) is 1. The Bertz CT molecular complexity index is 2010. The number of aromatic nitrogens is 2. The molecule has 1 heterocycles. The molecule has 8 nitrogen and oxygen atoms in total. The molecule has 0 aliphatic heterocycles. The van der Waals surface area contributed by atoms with Crippen LogP contribution in [0.3, 0.4) is 0 Å². The van der Waals surface area contributed by atoms with Crippen LogP contribution in [0.1, 0.15) is 23.6 Å². The Balaban J connectivity index is 1.52. The van der Waals surface area contributed by atoms with E-state index in [1.165, 1.54) is 18.3 Å². The van der Waals surface area contributed by atoms with Crippen molar-refractivity contribution < 1.29 is 27.4 Å². The van der Waals surface area contributed by atoms with E-state index in [-0.39, 0.29) is 46.5 Å². The van der Waals surface area contributed by atoms with Crippen LogP contribution in [0.2, 0.25) is 5.02 Å². The number of ether oxygens (including phenoxy) is 2. The van der Waals surface area contributed by atoms with Gasteiger partial charge in [0.25, 0.3) is 11.5 Å². The van der Waals surface area contributed by atoms with Crippen molar-refractivity contribution in [3.05, 3.63) is 115 Å². The SMILES string of the molecule is CCOc1cc(C=Nn2c(-c3cccc(C(F)(F)F)c3)nc3ccccc3c2=O)c(Br)c(Cl)c1OCC(=O)Nc1ccc(C)cc1. The number of aryl methyl sites for hydroxylation is 1. The highest BCUT2D eigenvalue weighted by atomic mass is 79.9. The van der Waals surface area contributed by atoms with E-state index in [1.807, 2.05) is 19.1 Å². The number of anilines is 1. The zero-order chi connectivity index (χ0) is 33.0. The first-order chi connectivity index (χ1) is 22.0. The molecule has 0 aliphatic rings. The van der Waals surface area contributed by atoms with Crippen molar-refractivity contribution in [2.75, 3.05) is 18.5 Å². The lowest BCUT2D eigenvalue weighted by Crippen LogP contribution is -2.21. The zero-order valence-electron chi connectivity index (χ0n) is 24.4. The lowest BCUT2D eigenvalue weighted by Gasteiger charge is -2.16. The molecule has 0 fully saturated rings. The minimum atomic E-state index is -4.61. The van der Waals surface area contributed by atoms with E-state index < -0.39 is 23.2 Å². The summed E-state index contributed by atoms with van der Waals surface area (Å²) in [6.07, 6.45) is -3.31. The molecule has 0 saturated heterocycles. The number of fused-ring (bicyclic) bond motifs is 1. The third kappa shape index (κ3) is 7.24. The second-order valence-electron chi connectivity index (χ2n) is 9.95. The largest absolute Gasteiger partial charge is 0.490 e. The highest BCUT2D eigenvalue weighted by molar-refractivity contribution is 9.10. The molecular formula is C33H25BrClF3N4O4. The van der Waals surface area contributed by atoms with Gasteiger partial charge < -0.3 is 14.8 Å². The van der Waals surface area contributed by atoms with Crippen LogP contribution >= 0.6 is 27.5 Å². The number of benzene rings is 4. The normalized spacial score (nSPS) is 11.6. The molecule has 0 unspecified atom stereocenters. The van der Waals surface area contributed by atoms with Crippen LogP contribution in [-0.2, 0) is 11.0 Å². The summed E-state index contributed by atoms with van der Waals surface area (Å²) in [5.41, 5.74) is 0.829. The summed E-state index contributed by atoms with van der Waals surface area (Å²) in [5, 5.41) is 7.37. The van der Waals surface area contributed by atoms with Gasteiger partial charge in [0, 0.05) is 21.3 Å². The first kappa shape index (κ1) is 32.7. The van der Waals surface area contributed by atoms with Crippen LogP contribution in [0.25, 0.3) is 22.3 Å². The van der Waals surface area contributed by atoms with Crippen molar-refractivity contribution in [2.45, 2.75) is 20.0 Å². The number of alkyl halides is 3. The van der Waals surface area contributed by atoms with Gasteiger partial charge in [-0.1, -0.05) is 53.6 Å². The average Bonchev–Trinajstić information content (AvgIpc) is 3.03. The molecule has 13 heteroatoms. The molecule has 5 aromatic rings. The molecule has 1 N–H and O–H groups in total. The van der Waals surface area contributed by atoms with Gasteiger partial charge in [0.2, 0.25) is 0 Å². The van der Waals surface area contributed by atoms with Crippen LogP contribution in [0.15, 0.2) is 93.2 Å². The summed E-state index contributed by atoms with van der Waals surface area (Å²) < 4.78 is 53.3. The van der Waals surface area contributed by atoms with E-state index >= 15 is 0 Å². The highest BCUT2D eigenvalue weighted by Crippen LogP contribution is 2.42. The third-order valence-corrected chi connectivity index (χ3v) is 8.10. The summed E-state index contributed by atoms with van der Waals surface area (Å²) in [6, 6.07) is 19.7. The Hall–Kier alpha value is -4.68. The number of halogens is 5. The highest BCUT2D eigenvalue weighted by Gasteiger charge is 2.31. The smallest absolute Gasteiger partial charge is 0.416 e. The maximum Gasteiger partial charge on any atom is 0.416 e. The molecule has 4 aromatic carbocycles. The lowest BCUT2D eigenvalue weighted by molar-refractivity contribution is -0.137. The monoisotopic (exact) mass is 712 g/mol. The van der Waals surface area contributed by atoms with Crippen molar-refractivity contribution in [1.29, 1.82) is 0 Å². The number of nitrogens with zero attached hydrogens (tertiary/aromatic N) is 3. The van der Waals surface area contributed by atoms with Gasteiger partial charge in [-0.3, -0.25) is 9.59 Å². The Labute approximate surface area is 274 Å². The molecule has 236 valence electrons. The second-order valence-corrected chi connectivity index (χ2v) is 11.1. The Kier molecular flexibility index (Phi) is 9.78. The fourth-order valence-corrected chi connectivity index (χ4v) is 5.09. The molecule has 0 atom stereocenters. The number of carbonyl (C=O) groups is 1. The minimum absolute atomic E-state index is 0.0367. The number of hydrogen-bond donors (Lipinski definition) is 1. The van der Waals surface area contributed by atoms with Crippen molar-refractivity contribution >= 4 is 56.2 Å². The van der Waals surface area contributed by atoms with Crippen LogP contribution in [0.5, 0.6) is 11.5 Å². The quantitative estimate of drug-likeness (QED) is 0.156. The summed E-state index contributed by atoms with van der Waals surface area (Å²) in [4.78, 5) is 30.6. The van der Waals surface area contributed by atoms with Gasteiger partial charge in [-0.05, 0) is 72.2 Å². The molecule has 0 spiro atoms. The van der Waals surface area contributed by atoms with Gasteiger partial charge in [-0.2, -0.15) is 22.9 Å². The number of rotatable bonds is 9. The molecule has 0 saturated carbocycles. The van der Waals surface area contributed by atoms with E-state index in [2.05, 4.69) is 31.3 Å². The van der Waals surface area contributed by atoms with Crippen molar-refractivity contribution in [3.63, 3.8) is 0 Å². The number of para-hydroxylation sites is 1. The second kappa shape index (κ2) is 13.8. The molecule has 0 bridgehead atoms.